The fraction of sp³-hybridized carbons (Fsp3) is 0.176. The molecule has 2 aromatic rings. The van der Waals surface area contributed by atoms with Crippen molar-refractivity contribution in [3.8, 4) is 0 Å². The van der Waals surface area contributed by atoms with Crippen molar-refractivity contribution in [1.82, 2.24) is 0 Å². The molecule has 0 radical (unpaired) electrons. The Bertz CT molecular complexity index is 826. The van der Waals surface area contributed by atoms with Gasteiger partial charge in [0.15, 0.2) is 0 Å². The molecule has 1 heterocycles. The van der Waals surface area contributed by atoms with E-state index in [1.54, 1.807) is 41.3 Å². The quantitative estimate of drug-likeness (QED) is 0.638. The van der Waals surface area contributed by atoms with Crippen LogP contribution in [-0.4, -0.2) is 18.4 Å². The molecule has 0 spiro atoms. The number of amides is 2. The third-order valence-electron chi connectivity index (χ3n) is 3.74. The van der Waals surface area contributed by atoms with Crippen LogP contribution >= 0.6 is 45.8 Å². The maximum absolute atomic E-state index is 12.4. The average molecular weight is 475 g/mol. The summed E-state index contributed by atoms with van der Waals surface area (Å²) in [6.07, 6.45) is 1.38. The Morgan fingerprint density at radius 2 is 1.96 bits per heavy atom. The molecule has 124 valence electrons. The molecule has 0 atom stereocenters. The number of nitrogens with one attached hydrogen (secondary N) is 1. The van der Waals surface area contributed by atoms with E-state index >= 15 is 0 Å². The van der Waals surface area contributed by atoms with Crippen molar-refractivity contribution in [2.45, 2.75) is 12.8 Å². The van der Waals surface area contributed by atoms with Crippen LogP contribution in [0.4, 0.5) is 11.4 Å². The predicted molar refractivity (Wildman–Crippen MR) is 105 cm³/mol. The number of benzene rings is 2. The summed E-state index contributed by atoms with van der Waals surface area (Å²) in [7, 11) is 0. The number of carbonyl (C=O) groups is 2. The Hall–Kier alpha value is -1.31. The van der Waals surface area contributed by atoms with Gasteiger partial charge < -0.3 is 10.2 Å². The van der Waals surface area contributed by atoms with E-state index in [-0.39, 0.29) is 11.8 Å². The lowest BCUT2D eigenvalue weighted by Gasteiger charge is -2.18. The first kappa shape index (κ1) is 17.5. The Morgan fingerprint density at radius 3 is 2.62 bits per heavy atom. The van der Waals surface area contributed by atoms with E-state index in [4.69, 9.17) is 23.2 Å². The molecule has 7 heteroatoms. The third kappa shape index (κ3) is 3.68. The zero-order chi connectivity index (χ0) is 17.3. The van der Waals surface area contributed by atoms with Crippen LogP contribution in [-0.2, 0) is 4.79 Å². The normalized spacial score (nSPS) is 14.1. The van der Waals surface area contributed by atoms with Gasteiger partial charge in [-0.25, -0.2) is 0 Å². The molecule has 1 fully saturated rings. The van der Waals surface area contributed by atoms with Crippen LogP contribution in [0.25, 0.3) is 0 Å². The highest BCUT2D eigenvalue weighted by atomic mass is 127. The number of carbonyl (C=O) groups excluding carboxylic acids is 2. The molecule has 4 nitrogen and oxygen atoms in total. The van der Waals surface area contributed by atoms with Gasteiger partial charge in [-0.3, -0.25) is 9.59 Å². The van der Waals surface area contributed by atoms with Gasteiger partial charge in [-0.1, -0.05) is 23.2 Å². The summed E-state index contributed by atoms with van der Waals surface area (Å²) in [5.41, 5.74) is 1.74. The average Bonchev–Trinajstić information content (AvgIpc) is 2.96. The van der Waals surface area contributed by atoms with Gasteiger partial charge in [0.1, 0.15) is 0 Å². The van der Waals surface area contributed by atoms with E-state index in [1.165, 1.54) is 0 Å². The molecule has 2 aromatic carbocycles. The Balaban J connectivity index is 1.81. The second-order valence-corrected chi connectivity index (χ2v) is 7.40. The van der Waals surface area contributed by atoms with Crippen molar-refractivity contribution in [2.24, 2.45) is 0 Å². The van der Waals surface area contributed by atoms with E-state index in [9.17, 15) is 9.59 Å². The number of anilines is 2. The summed E-state index contributed by atoms with van der Waals surface area (Å²) in [6, 6.07) is 10.3. The van der Waals surface area contributed by atoms with Crippen LogP contribution in [0.3, 0.4) is 0 Å². The van der Waals surface area contributed by atoms with Crippen LogP contribution in [0.5, 0.6) is 0 Å². The minimum Gasteiger partial charge on any atom is -0.322 e. The summed E-state index contributed by atoms with van der Waals surface area (Å²) in [5.74, 6) is -0.190. The lowest BCUT2D eigenvalue weighted by atomic mass is 10.2. The minimum absolute atomic E-state index is 0.0715. The Kier molecular flexibility index (Phi) is 5.32. The molecular weight excluding hydrogens is 462 g/mol. The lowest BCUT2D eigenvalue weighted by Crippen LogP contribution is -2.24. The van der Waals surface area contributed by atoms with Crippen LogP contribution in [0.2, 0.25) is 10.0 Å². The molecule has 0 bridgehead atoms. The van der Waals surface area contributed by atoms with Crippen LogP contribution in [0, 0.1) is 3.57 Å². The maximum Gasteiger partial charge on any atom is 0.256 e. The molecule has 1 N–H and O–H groups in total. The third-order valence-corrected chi connectivity index (χ3v) is 5.22. The molecule has 24 heavy (non-hydrogen) atoms. The van der Waals surface area contributed by atoms with Gasteiger partial charge in [-0.15, -0.1) is 0 Å². The summed E-state index contributed by atoms with van der Waals surface area (Å²) in [5, 5.41) is 3.74. The Labute approximate surface area is 163 Å². The summed E-state index contributed by atoms with van der Waals surface area (Å²) >= 11 is 14.3. The fourth-order valence-electron chi connectivity index (χ4n) is 2.58. The van der Waals surface area contributed by atoms with Gasteiger partial charge >= 0.3 is 0 Å². The summed E-state index contributed by atoms with van der Waals surface area (Å²) in [6.45, 7) is 0.672. The first-order valence-corrected chi connectivity index (χ1v) is 9.15. The van der Waals surface area contributed by atoms with Crippen molar-refractivity contribution < 1.29 is 9.59 Å². The number of hydrogen-bond acceptors (Lipinski definition) is 2. The Morgan fingerprint density at radius 1 is 1.17 bits per heavy atom. The van der Waals surface area contributed by atoms with E-state index < -0.39 is 0 Å². The van der Waals surface area contributed by atoms with E-state index in [2.05, 4.69) is 27.9 Å². The zero-order valence-corrected chi connectivity index (χ0v) is 16.2. The standard InChI is InChI=1S/C17H13Cl2IN2O2/c18-10-3-5-14(20)12(8-10)17(24)21-11-4-6-15(13(19)9-11)22-7-1-2-16(22)23/h3-6,8-9H,1-2,7H2,(H,21,24). The predicted octanol–water partition coefficient (Wildman–Crippen LogP) is 4.98. The molecule has 1 aliphatic heterocycles. The van der Waals surface area contributed by atoms with Crippen LogP contribution in [0.1, 0.15) is 23.2 Å². The molecule has 1 saturated heterocycles. The number of hydrogen-bond donors (Lipinski definition) is 1. The van der Waals surface area contributed by atoms with Crippen molar-refractivity contribution in [1.29, 1.82) is 0 Å². The van der Waals surface area contributed by atoms with Crippen molar-refractivity contribution in [3.05, 3.63) is 55.6 Å². The van der Waals surface area contributed by atoms with Crippen molar-refractivity contribution in [2.75, 3.05) is 16.8 Å². The topological polar surface area (TPSA) is 49.4 Å². The first-order chi connectivity index (χ1) is 11.5. The highest BCUT2D eigenvalue weighted by Crippen LogP contribution is 2.32. The van der Waals surface area contributed by atoms with Gasteiger partial charge in [0.2, 0.25) is 5.91 Å². The van der Waals surface area contributed by atoms with E-state index in [1.807, 2.05) is 0 Å². The summed E-state index contributed by atoms with van der Waals surface area (Å²) in [4.78, 5) is 25.9. The molecule has 1 aliphatic rings. The van der Waals surface area contributed by atoms with Gasteiger partial charge in [-0.05, 0) is 65.4 Å². The monoisotopic (exact) mass is 474 g/mol. The number of rotatable bonds is 3. The summed E-state index contributed by atoms with van der Waals surface area (Å²) < 4.78 is 0.805. The number of halogens is 3. The van der Waals surface area contributed by atoms with E-state index in [0.717, 1.165) is 9.99 Å². The second kappa shape index (κ2) is 7.29. The van der Waals surface area contributed by atoms with Gasteiger partial charge in [0, 0.05) is 27.2 Å². The zero-order valence-electron chi connectivity index (χ0n) is 12.5. The molecule has 3 rings (SSSR count). The highest BCUT2D eigenvalue weighted by Gasteiger charge is 2.23. The van der Waals surface area contributed by atoms with Crippen molar-refractivity contribution >= 4 is 69.0 Å². The molecule has 0 unspecified atom stereocenters. The molecule has 2 amide bonds. The fourth-order valence-corrected chi connectivity index (χ4v) is 3.61. The van der Waals surface area contributed by atoms with Gasteiger partial charge in [-0.2, -0.15) is 0 Å². The minimum atomic E-state index is -0.261. The van der Waals surface area contributed by atoms with Gasteiger partial charge in [0.25, 0.3) is 5.91 Å². The van der Waals surface area contributed by atoms with E-state index in [0.29, 0.717) is 39.9 Å². The smallest absolute Gasteiger partial charge is 0.256 e. The first-order valence-electron chi connectivity index (χ1n) is 7.32. The molecule has 0 aliphatic carbocycles. The lowest BCUT2D eigenvalue weighted by molar-refractivity contribution is -0.117. The molecule has 0 saturated carbocycles. The number of nitrogens with zero attached hydrogens (tertiary/aromatic N) is 1. The second-order valence-electron chi connectivity index (χ2n) is 5.39. The van der Waals surface area contributed by atoms with Gasteiger partial charge in [0.05, 0.1) is 16.3 Å². The van der Waals surface area contributed by atoms with Crippen molar-refractivity contribution in [3.63, 3.8) is 0 Å². The highest BCUT2D eigenvalue weighted by molar-refractivity contribution is 14.1. The molecule has 0 aromatic heterocycles. The SMILES string of the molecule is O=C(Nc1ccc(N2CCCC2=O)c(Cl)c1)c1cc(Cl)ccc1I. The largest absolute Gasteiger partial charge is 0.322 e. The maximum atomic E-state index is 12.4. The van der Waals surface area contributed by atoms with Crippen LogP contribution in [0.15, 0.2) is 36.4 Å². The molecular formula is C17H13Cl2IN2O2. The van der Waals surface area contributed by atoms with Crippen LogP contribution < -0.4 is 10.2 Å².